The molecule has 0 amide bonds. The first kappa shape index (κ1) is 15.0. The predicted octanol–water partition coefficient (Wildman–Crippen LogP) is 4.33. The van der Waals surface area contributed by atoms with Crippen LogP contribution in [0.5, 0.6) is 0 Å². The molecule has 1 N–H and O–H groups in total. The number of nitrogens with one attached hydrogen (secondary N) is 1. The monoisotopic (exact) mass is 359 g/mol. The van der Waals surface area contributed by atoms with Crippen LogP contribution in [-0.2, 0) is 6.42 Å². The van der Waals surface area contributed by atoms with Gasteiger partial charge >= 0.3 is 0 Å². The fraction of sp³-hybridized carbons (Fsp3) is 0.0526. The molecule has 0 atom stereocenters. The highest BCUT2D eigenvalue weighted by atomic mass is 32.1. The molecule has 0 bridgehead atoms. The highest BCUT2D eigenvalue weighted by Gasteiger charge is 2.17. The fourth-order valence-corrected chi connectivity index (χ4v) is 3.62. The lowest BCUT2D eigenvalue weighted by molar-refractivity contribution is 0.431. The number of aromatic nitrogens is 5. The predicted molar refractivity (Wildman–Crippen MR) is 99.7 cm³/mol. The van der Waals surface area contributed by atoms with Gasteiger partial charge in [-0.3, -0.25) is 5.10 Å². The van der Waals surface area contributed by atoms with E-state index in [9.17, 15) is 0 Å². The Balaban J connectivity index is 1.44. The van der Waals surface area contributed by atoms with Gasteiger partial charge in [-0.15, -0.1) is 11.3 Å². The summed E-state index contributed by atoms with van der Waals surface area (Å²) in [6, 6.07) is 18.1. The van der Waals surface area contributed by atoms with Crippen LogP contribution in [0.25, 0.3) is 34.0 Å². The first-order valence-electron chi connectivity index (χ1n) is 8.13. The van der Waals surface area contributed by atoms with E-state index in [1.807, 2.05) is 47.8 Å². The Kier molecular flexibility index (Phi) is 3.57. The zero-order valence-corrected chi connectivity index (χ0v) is 14.4. The van der Waals surface area contributed by atoms with Crippen LogP contribution in [0.2, 0.25) is 0 Å². The van der Waals surface area contributed by atoms with Crippen LogP contribution in [0.3, 0.4) is 0 Å². The van der Waals surface area contributed by atoms with Gasteiger partial charge in [0, 0.05) is 17.2 Å². The van der Waals surface area contributed by atoms with Gasteiger partial charge in [0.2, 0.25) is 5.82 Å². The average Bonchev–Trinajstić information content (AvgIpc) is 3.41. The van der Waals surface area contributed by atoms with E-state index in [0.717, 1.165) is 22.3 Å². The lowest BCUT2D eigenvalue weighted by Gasteiger charge is -1.95. The molecule has 0 radical (unpaired) electrons. The second-order valence-corrected chi connectivity index (χ2v) is 6.77. The van der Waals surface area contributed by atoms with Gasteiger partial charge in [0.1, 0.15) is 11.4 Å². The van der Waals surface area contributed by atoms with Crippen molar-refractivity contribution in [3.63, 3.8) is 0 Å². The Bertz CT molecular complexity index is 1170. The number of hydrogen-bond donors (Lipinski definition) is 1. The molecule has 0 fully saturated rings. The molecule has 0 saturated heterocycles. The minimum Gasteiger partial charge on any atom is -0.332 e. The number of para-hydroxylation sites is 1. The van der Waals surface area contributed by atoms with E-state index in [-0.39, 0.29) is 0 Å². The SMILES string of the molecule is c1ccc(Cc2nc(-c3nc(-c4n[nH]c5ccccc45)no3)cs2)cc1. The molecule has 0 spiro atoms. The molecule has 0 saturated carbocycles. The Hall–Kier alpha value is -3.32. The largest absolute Gasteiger partial charge is 0.332 e. The van der Waals surface area contributed by atoms with Crippen molar-refractivity contribution >= 4 is 22.2 Å². The van der Waals surface area contributed by atoms with Crippen LogP contribution < -0.4 is 0 Å². The number of nitrogens with zero attached hydrogens (tertiary/aromatic N) is 4. The fourth-order valence-electron chi connectivity index (χ4n) is 2.82. The van der Waals surface area contributed by atoms with Gasteiger partial charge in [0.25, 0.3) is 5.89 Å². The van der Waals surface area contributed by atoms with E-state index in [4.69, 9.17) is 4.52 Å². The van der Waals surface area contributed by atoms with Gasteiger partial charge in [0.15, 0.2) is 0 Å². The number of rotatable bonds is 4. The van der Waals surface area contributed by atoms with E-state index in [0.29, 0.717) is 23.1 Å². The summed E-state index contributed by atoms with van der Waals surface area (Å²) in [7, 11) is 0. The van der Waals surface area contributed by atoms with E-state index in [1.54, 1.807) is 11.3 Å². The lowest BCUT2D eigenvalue weighted by atomic mass is 10.2. The summed E-state index contributed by atoms with van der Waals surface area (Å²) in [5, 5.41) is 15.3. The van der Waals surface area contributed by atoms with Crippen molar-refractivity contribution in [2.45, 2.75) is 6.42 Å². The first-order valence-corrected chi connectivity index (χ1v) is 9.01. The quantitative estimate of drug-likeness (QED) is 0.517. The van der Waals surface area contributed by atoms with Crippen LogP contribution in [0.1, 0.15) is 10.6 Å². The summed E-state index contributed by atoms with van der Waals surface area (Å²) in [4.78, 5) is 9.10. The summed E-state index contributed by atoms with van der Waals surface area (Å²) in [5.41, 5.74) is 3.53. The Morgan fingerprint density at radius 3 is 2.73 bits per heavy atom. The maximum Gasteiger partial charge on any atom is 0.277 e. The summed E-state index contributed by atoms with van der Waals surface area (Å²) < 4.78 is 5.42. The van der Waals surface area contributed by atoms with E-state index in [2.05, 4.69) is 37.5 Å². The van der Waals surface area contributed by atoms with Gasteiger partial charge < -0.3 is 4.52 Å². The van der Waals surface area contributed by atoms with Gasteiger partial charge in [-0.2, -0.15) is 10.1 Å². The highest BCUT2D eigenvalue weighted by molar-refractivity contribution is 7.10. The molecule has 6 nitrogen and oxygen atoms in total. The molecule has 0 aliphatic carbocycles. The van der Waals surface area contributed by atoms with Crippen molar-refractivity contribution in [1.82, 2.24) is 25.3 Å². The molecule has 7 heteroatoms. The minimum atomic E-state index is 0.405. The maximum atomic E-state index is 5.42. The third-order valence-corrected chi connectivity index (χ3v) is 4.93. The standard InChI is InChI=1S/C19H13N5OS/c1-2-6-12(7-3-1)10-16-20-15(11-26-16)19-21-18(24-25-19)17-13-8-4-5-9-14(13)22-23-17/h1-9,11H,10H2,(H,22,23). The molecule has 26 heavy (non-hydrogen) atoms. The molecule has 3 aromatic heterocycles. The van der Waals surface area contributed by atoms with Gasteiger partial charge in [0.05, 0.1) is 10.5 Å². The lowest BCUT2D eigenvalue weighted by Crippen LogP contribution is -1.87. The number of benzene rings is 2. The Labute approximate surface area is 152 Å². The molecule has 2 aromatic carbocycles. The number of fused-ring (bicyclic) bond motifs is 1. The van der Waals surface area contributed by atoms with Gasteiger partial charge in [-0.1, -0.05) is 53.7 Å². The molecule has 0 unspecified atom stereocenters. The van der Waals surface area contributed by atoms with Crippen molar-refractivity contribution in [2.24, 2.45) is 0 Å². The number of hydrogen-bond acceptors (Lipinski definition) is 6. The zero-order chi connectivity index (χ0) is 17.3. The average molecular weight is 359 g/mol. The smallest absolute Gasteiger partial charge is 0.277 e. The summed E-state index contributed by atoms with van der Waals surface area (Å²) >= 11 is 1.59. The molecule has 126 valence electrons. The first-order chi connectivity index (χ1) is 12.9. The van der Waals surface area contributed by atoms with Crippen molar-refractivity contribution in [3.8, 4) is 23.1 Å². The van der Waals surface area contributed by atoms with Crippen LogP contribution >= 0.6 is 11.3 Å². The third kappa shape index (κ3) is 2.68. The number of thiazole rings is 1. The molecule has 3 heterocycles. The van der Waals surface area contributed by atoms with Crippen LogP contribution in [0, 0.1) is 0 Å². The molecular formula is C19H13N5OS. The summed E-state index contributed by atoms with van der Waals surface area (Å²) in [6.45, 7) is 0. The molecule has 5 aromatic rings. The summed E-state index contributed by atoms with van der Waals surface area (Å²) in [6.07, 6.45) is 0.788. The molecule has 0 aliphatic heterocycles. The highest BCUT2D eigenvalue weighted by Crippen LogP contribution is 2.27. The van der Waals surface area contributed by atoms with Crippen LogP contribution in [0.15, 0.2) is 64.5 Å². The Morgan fingerprint density at radius 2 is 1.81 bits per heavy atom. The number of aromatic amines is 1. The second kappa shape index (κ2) is 6.20. The van der Waals surface area contributed by atoms with Crippen molar-refractivity contribution < 1.29 is 4.52 Å². The second-order valence-electron chi connectivity index (χ2n) is 5.83. The van der Waals surface area contributed by atoms with Crippen molar-refractivity contribution in [3.05, 3.63) is 70.5 Å². The van der Waals surface area contributed by atoms with Crippen LogP contribution in [-0.4, -0.2) is 25.3 Å². The van der Waals surface area contributed by atoms with Crippen LogP contribution in [0.4, 0.5) is 0 Å². The molecule has 0 aliphatic rings. The number of H-pyrrole nitrogens is 1. The van der Waals surface area contributed by atoms with E-state index < -0.39 is 0 Å². The maximum absolute atomic E-state index is 5.42. The van der Waals surface area contributed by atoms with Crippen molar-refractivity contribution in [1.29, 1.82) is 0 Å². The van der Waals surface area contributed by atoms with Gasteiger partial charge in [-0.05, 0) is 11.6 Å². The Morgan fingerprint density at radius 1 is 0.962 bits per heavy atom. The van der Waals surface area contributed by atoms with E-state index in [1.165, 1.54) is 5.56 Å². The third-order valence-electron chi connectivity index (χ3n) is 4.08. The normalized spacial score (nSPS) is 11.2. The molecule has 5 rings (SSSR count). The minimum absolute atomic E-state index is 0.405. The zero-order valence-electron chi connectivity index (χ0n) is 13.6. The topological polar surface area (TPSA) is 80.5 Å². The molecular weight excluding hydrogens is 346 g/mol. The van der Waals surface area contributed by atoms with Gasteiger partial charge in [-0.25, -0.2) is 4.98 Å². The summed E-state index contributed by atoms with van der Waals surface area (Å²) in [5.74, 6) is 0.859. The van der Waals surface area contributed by atoms with E-state index >= 15 is 0 Å². The van der Waals surface area contributed by atoms with Crippen molar-refractivity contribution in [2.75, 3.05) is 0 Å².